The molecule has 9 heteroatoms. The molecule has 0 aliphatic rings. The molecule has 0 aliphatic heterocycles. The van der Waals surface area contributed by atoms with Crippen LogP contribution in [-0.4, -0.2) is 40.6 Å². The van der Waals surface area contributed by atoms with Crippen LogP contribution >= 0.6 is 0 Å². The van der Waals surface area contributed by atoms with Crippen LogP contribution in [0.4, 0.5) is 5.69 Å². The van der Waals surface area contributed by atoms with E-state index in [1.165, 1.54) is 31.4 Å². The van der Waals surface area contributed by atoms with Gasteiger partial charge in [0.25, 0.3) is 5.91 Å². The first kappa shape index (κ1) is 16.1. The first-order valence-corrected chi connectivity index (χ1v) is 6.95. The van der Waals surface area contributed by atoms with Gasteiger partial charge in [-0.05, 0) is 18.2 Å². The summed E-state index contributed by atoms with van der Waals surface area (Å²) in [6.07, 6.45) is 0. The lowest BCUT2D eigenvalue weighted by Gasteiger charge is -2.07. The number of hydrogen-bond acceptors (Lipinski definition) is 6. The zero-order valence-electron chi connectivity index (χ0n) is 10.7. The molecule has 1 aromatic carbocycles. The quantitative estimate of drug-likeness (QED) is 0.680. The van der Waals surface area contributed by atoms with Crippen molar-refractivity contribution < 1.29 is 27.5 Å². The molecule has 0 fully saturated rings. The molecule has 1 amide bonds. The molecule has 1 rings (SSSR count). The van der Waals surface area contributed by atoms with Gasteiger partial charge in [-0.1, -0.05) is 6.07 Å². The predicted molar refractivity (Wildman–Crippen MR) is 69.3 cm³/mol. The number of ether oxygens (including phenoxy) is 2. The lowest BCUT2D eigenvalue weighted by atomic mass is 10.3. The van der Waals surface area contributed by atoms with Crippen molar-refractivity contribution in [3.63, 3.8) is 0 Å². The minimum absolute atomic E-state index is 0.133. The summed E-state index contributed by atoms with van der Waals surface area (Å²) in [5, 5.41) is 7.34. The van der Waals surface area contributed by atoms with Crippen LogP contribution in [0.3, 0.4) is 0 Å². The summed E-state index contributed by atoms with van der Waals surface area (Å²) in [6.45, 7) is -0.754. The van der Waals surface area contributed by atoms with Crippen molar-refractivity contribution >= 4 is 27.6 Å². The SMILES string of the molecule is COCC(=O)OCC(=O)Nc1cccc(S(N)(=O)=O)c1. The number of carbonyl (C=O) groups is 2. The first-order chi connectivity index (χ1) is 9.32. The van der Waals surface area contributed by atoms with Gasteiger partial charge in [-0.15, -0.1) is 0 Å². The second-order valence-electron chi connectivity index (χ2n) is 3.71. The van der Waals surface area contributed by atoms with Crippen molar-refractivity contribution in [2.45, 2.75) is 4.90 Å². The van der Waals surface area contributed by atoms with Gasteiger partial charge in [0.05, 0.1) is 4.90 Å². The van der Waals surface area contributed by atoms with Crippen LogP contribution in [0.2, 0.25) is 0 Å². The fraction of sp³-hybridized carbons (Fsp3) is 0.273. The van der Waals surface area contributed by atoms with Gasteiger partial charge in [0.15, 0.2) is 6.61 Å². The van der Waals surface area contributed by atoms with E-state index in [1.807, 2.05) is 0 Å². The number of sulfonamides is 1. The van der Waals surface area contributed by atoms with Gasteiger partial charge in [-0.2, -0.15) is 0 Å². The summed E-state index contributed by atoms with van der Waals surface area (Å²) in [4.78, 5) is 22.3. The van der Waals surface area contributed by atoms with Gasteiger partial charge in [0, 0.05) is 12.8 Å². The molecular weight excluding hydrogens is 288 g/mol. The minimum atomic E-state index is -3.85. The number of amides is 1. The molecule has 8 nitrogen and oxygen atoms in total. The highest BCUT2D eigenvalue weighted by atomic mass is 32.2. The Kier molecular flexibility index (Phi) is 5.62. The van der Waals surface area contributed by atoms with Crippen LogP contribution in [0, 0.1) is 0 Å². The van der Waals surface area contributed by atoms with E-state index in [1.54, 1.807) is 0 Å². The molecule has 20 heavy (non-hydrogen) atoms. The smallest absolute Gasteiger partial charge is 0.332 e. The lowest BCUT2D eigenvalue weighted by molar-refractivity contribution is -0.150. The number of primary sulfonamides is 1. The molecule has 1 aromatic rings. The third-order valence-electron chi connectivity index (χ3n) is 2.07. The van der Waals surface area contributed by atoms with Gasteiger partial charge in [0.2, 0.25) is 10.0 Å². The third kappa shape index (κ3) is 5.34. The van der Waals surface area contributed by atoms with Crippen LogP contribution in [0.5, 0.6) is 0 Å². The van der Waals surface area contributed by atoms with E-state index in [9.17, 15) is 18.0 Å². The maximum atomic E-state index is 11.5. The fourth-order valence-corrected chi connectivity index (χ4v) is 1.81. The summed E-state index contributed by atoms with van der Waals surface area (Å²) >= 11 is 0. The highest BCUT2D eigenvalue weighted by Crippen LogP contribution is 2.13. The van der Waals surface area contributed by atoms with Crippen molar-refractivity contribution in [3.8, 4) is 0 Å². The molecule has 0 aromatic heterocycles. The number of hydrogen-bond donors (Lipinski definition) is 2. The Labute approximate surface area is 115 Å². The van der Waals surface area contributed by atoms with Crippen LogP contribution in [0.15, 0.2) is 29.2 Å². The van der Waals surface area contributed by atoms with Crippen molar-refractivity contribution in [2.75, 3.05) is 25.6 Å². The molecule has 0 atom stereocenters. The molecule has 110 valence electrons. The number of benzene rings is 1. The molecule has 0 spiro atoms. The van der Waals surface area contributed by atoms with E-state index in [2.05, 4.69) is 14.8 Å². The largest absolute Gasteiger partial charge is 0.454 e. The summed E-state index contributed by atoms with van der Waals surface area (Å²) in [6, 6.07) is 5.39. The molecule has 0 unspecified atom stereocenters. The second kappa shape index (κ2) is 6.98. The zero-order chi connectivity index (χ0) is 15.2. The maximum absolute atomic E-state index is 11.5. The second-order valence-corrected chi connectivity index (χ2v) is 5.28. The molecule has 0 heterocycles. The predicted octanol–water partition coefficient (Wildman–Crippen LogP) is -0.538. The Balaban J connectivity index is 2.61. The summed E-state index contributed by atoms with van der Waals surface area (Å²) in [7, 11) is -2.53. The molecular formula is C11H14N2O6S. The topological polar surface area (TPSA) is 125 Å². The zero-order valence-corrected chi connectivity index (χ0v) is 11.5. The summed E-state index contributed by atoms with van der Waals surface area (Å²) in [5.41, 5.74) is 0.226. The van der Waals surface area contributed by atoms with E-state index < -0.39 is 28.5 Å². The van der Waals surface area contributed by atoms with Gasteiger partial charge in [-0.3, -0.25) is 4.79 Å². The Morgan fingerprint density at radius 1 is 1.30 bits per heavy atom. The van der Waals surface area contributed by atoms with Crippen molar-refractivity contribution in [1.82, 2.24) is 0 Å². The molecule has 0 radical (unpaired) electrons. The van der Waals surface area contributed by atoms with Crippen LogP contribution < -0.4 is 10.5 Å². The highest BCUT2D eigenvalue weighted by Gasteiger charge is 2.10. The molecule has 3 N–H and O–H groups in total. The van der Waals surface area contributed by atoms with E-state index in [0.717, 1.165) is 0 Å². The maximum Gasteiger partial charge on any atom is 0.332 e. The van der Waals surface area contributed by atoms with Crippen molar-refractivity contribution in [1.29, 1.82) is 0 Å². The minimum Gasteiger partial charge on any atom is -0.454 e. The Bertz CT molecular complexity index is 599. The highest BCUT2D eigenvalue weighted by molar-refractivity contribution is 7.89. The fourth-order valence-electron chi connectivity index (χ4n) is 1.25. The average molecular weight is 302 g/mol. The van der Waals surface area contributed by atoms with Crippen molar-refractivity contribution in [3.05, 3.63) is 24.3 Å². The lowest BCUT2D eigenvalue weighted by Crippen LogP contribution is -2.22. The van der Waals surface area contributed by atoms with Crippen molar-refractivity contribution in [2.24, 2.45) is 5.14 Å². The number of esters is 1. The Morgan fingerprint density at radius 3 is 2.60 bits per heavy atom. The normalized spacial score (nSPS) is 10.9. The number of anilines is 1. The average Bonchev–Trinajstić information content (AvgIpc) is 2.36. The van der Waals surface area contributed by atoms with E-state index in [0.29, 0.717) is 0 Å². The number of rotatable bonds is 6. The van der Waals surface area contributed by atoms with Gasteiger partial charge in [0.1, 0.15) is 6.61 Å². The van der Waals surface area contributed by atoms with E-state index in [-0.39, 0.29) is 17.2 Å². The summed E-state index contributed by atoms with van der Waals surface area (Å²) < 4.78 is 31.4. The van der Waals surface area contributed by atoms with Crippen LogP contribution in [-0.2, 0) is 29.1 Å². The Hall–Kier alpha value is -1.97. The number of carbonyl (C=O) groups excluding carboxylic acids is 2. The van der Waals surface area contributed by atoms with Gasteiger partial charge in [-0.25, -0.2) is 18.4 Å². The van der Waals surface area contributed by atoms with Crippen LogP contribution in [0.25, 0.3) is 0 Å². The standard InChI is InChI=1S/C11H14N2O6S/c1-18-7-11(15)19-6-10(14)13-8-3-2-4-9(5-8)20(12,16)17/h2-5H,6-7H2,1H3,(H,13,14)(H2,12,16,17). The van der Waals surface area contributed by atoms with Crippen LogP contribution in [0.1, 0.15) is 0 Å². The Morgan fingerprint density at radius 2 is 2.00 bits per heavy atom. The van der Waals surface area contributed by atoms with E-state index >= 15 is 0 Å². The monoisotopic (exact) mass is 302 g/mol. The summed E-state index contributed by atoms with van der Waals surface area (Å²) in [5.74, 6) is -1.29. The third-order valence-corrected chi connectivity index (χ3v) is 2.98. The molecule has 0 aliphatic carbocycles. The number of methoxy groups -OCH3 is 1. The number of nitrogens with one attached hydrogen (secondary N) is 1. The van der Waals surface area contributed by atoms with Gasteiger partial charge >= 0.3 is 5.97 Å². The molecule has 0 bridgehead atoms. The first-order valence-electron chi connectivity index (χ1n) is 5.40. The molecule has 0 saturated carbocycles. The number of nitrogens with two attached hydrogens (primary N) is 1. The van der Waals surface area contributed by atoms with E-state index in [4.69, 9.17) is 5.14 Å². The molecule has 0 saturated heterocycles. The van der Waals surface area contributed by atoms with Gasteiger partial charge < -0.3 is 14.8 Å².